The Morgan fingerprint density at radius 3 is 2.08 bits per heavy atom. The summed E-state index contributed by atoms with van der Waals surface area (Å²) in [5.74, 6) is 0. The molecule has 0 fully saturated rings. The molecule has 0 amide bonds. The van der Waals surface area contributed by atoms with Crippen LogP contribution < -0.4 is 0 Å². The van der Waals surface area contributed by atoms with Gasteiger partial charge in [0.05, 0.1) is 5.60 Å². The summed E-state index contributed by atoms with van der Waals surface area (Å²) in [5.41, 5.74) is -0.148. The number of hydrogen-bond donors (Lipinski definition) is 1. The second-order valence-electron chi connectivity index (χ2n) is 4.27. The van der Waals surface area contributed by atoms with Crippen LogP contribution in [0.2, 0.25) is 6.32 Å². The Morgan fingerprint density at radius 1 is 1.25 bits per heavy atom. The van der Waals surface area contributed by atoms with E-state index in [-0.39, 0.29) is 10.3 Å². The maximum atomic E-state index is 5.76. The molecule has 0 aliphatic carbocycles. The number of rotatable bonds is 5. The Labute approximate surface area is 82.9 Å². The lowest BCUT2D eigenvalue weighted by Crippen LogP contribution is -2.44. The quantitative estimate of drug-likeness (QED) is 0.396. The fourth-order valence-electron chi connectivity index (χ4n) is 0.648. The summed E-state index contributed by atoms with van der Waals surface area (Å²) in [7, 11) is 0.841. The van der Waals surface area contributed by atoms with E-state index >= 15 is 0 Å². The molecular weight excluding hydrogens is 167 g/mol. The van der Waals surface area contributed by atoms with Crippen molar-refractivity contribution in [2.45, 2.75) is 57.7 Å². The molecule has 0 aliphatic rings. The maximum Gasteiger partial charge on any atom is 0.275 e. The lowest BCUT2D eigenvalue weighted by atomic mass is 9.87. The number of thiol groups is 1. The molecule has 0 saturated heterocycles. The molecule has 3 heteroatoms. The Morgan fingerprint density at radius 2 is 1.75 bits per heavy atom. The zero-order valence-electron chi connectivity index (χ0n) is 8.98. The Kier molecular flexibility index (Phi) is 4.71. The van der Waals surface area contributed by atoms with Crippen LogP contribution in [0.15, 0.2) is 0 Å². The van der Waals surface area contributed by atoms with Crippen molar-refractivity contribution >= 4 is 20.1 Å². The standard InChI is InChI=1S/C9H21BOS/c1-6-7-10-11-8(2,3)9(4,5)12/h10,12H,6-7H2,1-5H3. The van der Waals surface area contributed by atoms with E-state index < -0.39 is 0 Å². The zero-order valence-corrected chi connectivity index (χ0v) is 9.87. The minimum atomic E-state index is -0.148. The van der Waals surface area contributed by atoms with E-state index in [1.165, 1.54) is 6.42 Å². The first-order valence-electron chi connectivity index (χ1n) is 4.67. The van der Waals surface area contributed by atoms with Crippen LogP contribution in [0.25, 0.3) is 0 Å². The van der Waals surface area contributed by atoms with Crippen LogP contribution in [0, 0.1) is 0 Å². The summed E-state index contributed by atoms with van der Waals surface area (Å²) in [5, 5.41) is 0. The van der Waals surface area contributed by atoms with Gasteiger partial charge >= 0.3 is 0 Å². The molecule has 0 atom stereocenters. The highest BCUT2D eigenvalue weighted by atomic mass is 32.1. The second kappa shape index (κ2) is 4.57. The van der Waals surface area contributed by atoms with Crippen LogP contribution in [0.5, 0.6) is 0 Å². The third kappa shape index (κ3) is 3.86. The third-order valence-corrected chi connectivity index (χ3v) is 2.97. The van der Waals surface area contributed by atoms with Gasteiger partial charge in [-0.2, -0.15) is 12.6 Å². The summed E-state index contributed by atoms with van der Waals surface area (Å²) in [4.78, 5) is 0. The van der Waals surface area contributed by atoms with Crippen LogP contribution in [0.4, 0.5) is 0 Å². The van der Waals surface area contributed by atoms with E-state index in [2.05, 4.69) is 47.2 Å². The van der Waals surface area contributed by atoms with Gasteiger partial charge in [-0.25, -0.2) is 0 Å². The maximum absolute atomic E-state index is 5.76. The monoisotopic (exact) mass is 188 g/mol. The summed E-state index contributed by atoms with van der Waals surface area (Å²) < 4.78 is 5.68. The lowest BCUT2D eigenvalue weighted by molar-refractivity contribution is 0.0825. The van der Waals surface area contributed by atoms with Gasteiger partial charge in [-0.3, -0.25) is 0 Å². The first-order chi connectivity index (χ1) is 5.31. The van der Waals surface area contributed by atoms with Crippen molar-refractivity contribution < 1.29 is 4.65 Å². The van der Waals surface area contributed by atoms with Crippen molar-refractivity contribution in [3.8, 4) is 0 Å². The minimum absolute atomic E-state index is 0.0826. The summed E-state index contributed by atoms with van der Waals surface area (Å²) >= 11 is 4.51. The van der Waals surface area contributed by atoms with E-state index in [1.807, 2.05) is 0 Å². The van der Waals surface area contributed by atoms with Gasteiger partial charge in [0, 0.05) is 4.75 Å². The molecule has 0 spiro atoms. The fourth-order valence-corrected chi connectivity index (χ4v) is 0.713. The molecule has 0 saturated carbocycles. The second-order valence-corrected chi connectivity index (χ2v) is 5.39. The Bertz CT molecular complexity index is 129. The van der Waals surface area contributed by atoms with Crippen molar-refractivity contribution in [2.75, 3.05) is 0 Å². The van der Waals surface area contributed by atoms with E-state index in [0.717, 1.165) is 13.8 Å². The van der Waals surface area contributed by atoms with Gasteiger partial charge in [-0.05, 0) is 27.7 Å². The van der Waals surface area contributed by atoms with Crippen LogP contribution in [-0.2, 0) is 4.65 Å². The molecule has 0 unspecified atom stereocenters. The SMILES string of the molecule is CCCBOC(C)(C)C(C)(C)S. The molecule has 0 aromatic carbocycles. The summed E-state index contributed by atoms with van der Waals surface area (Å²) in [6.07, 6.45) is 2.32. The average molecular weight is 188 g/mol. The first kappa shape index (κ1) is 12.4. The Balaban J connectivity index is 3.88. The van der Waals surface area contributed by atoms with Gasteiger partial charge in [0.25, 0.3) is 7.48 Å². The molecule has 0 heterocycles. The van der Waals surface area contributed by atoms with Crippen LogP contribution in [-0.4, -0.2) is 17.8 Å². The van der Waals surface area contributed by atoms with Gasteiger partial charge < -0.3 is 4.65 Å². The predicted octanol–water partition coefficient (Wildman–Crippen LogP) is 2.67. The van der Waals surface area contributed by atoms with E-state index in [4.69, 9.17) is 4.65 Å². The Hall–Kier alpha value is 0.375. The van der Waals surface area contributed by atoms with Gasteiger partial charge in [-0.15, -0.1) is 0 Å². The predicted molar refractivity (Wildman–Crippen MR) is 60.5 cm³/mol. The lowest BCUT2D eigenvalue weighted by Gasteiger charge is -2.38. The normalized spacial score (nSPS) is 13.2. The molecule has 0 aromatic heterocycles. The van der Waals surface area contributed by atoms with Crippen molar-refractivity contribution in [3.63, 3.8) is 0 Å². The first-order valence-corrected chi connectivity index (χ1v) is 5.12. The minimum Gasteiger partial charge on any atom is -0.433 e. The van der Waals surface area contributed by atoms with E-state index in [9.17, 15) is 0 Å². The van der Waals surface area contributed by atoms with Crippen LogP contribution in [0.1, 0.15) is 41.0 Å². The van der Waals surface area contributed by atoms with E-state index in [1.54, 1.807) is 0 Å². The highest BCUT2D eigenvalue weighted by Gasteiger charge is 2.33. The van der Waals surface area contributed by atoms with Crippen molar-refractivity contribution in [1.82, 2.24) is 0 Å². The summed E-state index contributed by atoms with van der Waals surface area (Å²) in [6, 6.07) is 0. The molecule has 0 N–H and O–H groups in total. The molecule has 0 bridgehead atoms. The molecule has 72 valence electrons. The van der Waals surface area contributed by atoms with Crippen molar-refractivity contribution in [3.05, 3.63) is 0 Å². The van der Waals surface area contributed by atoms with Crippen molar-refractivity contribution in [2.24, 2.45) is 0 Å². The largest absolute Gasteiger partial charge is 0.433 e. The van der Waals surface area contributed by atoms with Crippen LogP contribution in [0.3, 0.4) is 0 Å². The number of hydrogen-bond acceptors (Lipinski definition) is 2. The molecule has 0 rings (SSSR count). The third-order valence-electron chi connectivity index (χ3n) is 2.43. The molecule has 12 heavy (non-hydrogen) atoms. The molecular formula is C9H21BOS. The topological polar surface area (TPSA) is 9.23 Å². The highest BCUT2D eigenvalue weighted by Crippen LogP contribution is 2.30. The van der Waals surface area contributed by atoms with Gasteiger partial charge in [0.1, 0.15) is 0 Å². The highest BCUT2D eigenvalue weighted by molar-refractivity contribution is 7.81. The average Bonchev–Trinajstić information content (AvgIpc) is 1.85. The van der Waals surface area contributed by atoms with Gasteiger partial charge in [0.2, 0.25) is 0 Å². The zero-order chi connectivity index (χ0) is 9.83. The fraction of sp³-hybridized carbons (Fsp3) is 1.00. The summed E-state index contributed by atoms with van der Waals surface area (Å²) in [6.45, 7) is 10.5. The molecule has 0 aromatic rings. The molecule has 1 nitrogen and oxygen atoms in total. The molecule has 0 aliphatic heterocycles. The van der Waals surface area contributed by atoms with Crippen molar-refractivity contribution in [1.29, 1.82) is 0 Å². The smallest absolute Gasteiger partial charge is 0.275 e. The van der Waals surface area contributed by atoms with Crippen LogP contribution >= 0.6 is 12.6 Å². The van der Waals surface area contributed by atoms with Gasteiger partial charge in [-0.1, -0.05) is 19.7 Å². The van der Waals surface area contributed by atoms with E-state index in [0.29, 0.717) is 0 Å². The molecule has 0 radical (unpaired) electrons. The van der Waals surface area contributed by atoms with Gasteiger partial charge in [0.15, 0.2) is 0 Å².